The van der Waals surface area contributed by atoms with Crippen LogP contribution in [0.1, 0.15) is 39.4 Å². The van der Waals surface area contributed by atoms with Crippen LogP contribution >= 0.6 is 0 Å². The molecule has 0 saturated heterocycles. The molecule has 2 aromatic rings. The number of aromatic hydroxyl groups is 1. The van der Waals surface area contributed by atoms with Gasteiger partial charge in [0.1, 0.15) is 5.75 Å². The minimum Gasteiger partial charge on any atom is -0.507 e. The summed E-state index contributed by atoms with van der Waals surface area (Å²) in [6, 6.07) is 11.1. The van der Waals surface area contributed by atoms with Gasteiger partial charge in [-0.3, -0.25) is 28.9 Å². The normalized spacial score (nSPS) is 33.1. The third kappa shape index (κ3) is 3.34. The first kappa shape index (κ1) is 25.0. The van der Waals surface area contributed by atoms with E-state index in [1.165, 1.54) is 11.0 Å². The lowest BCUT2D eigenvalue weighted by Crippen LogP contribution is -2.74. The van der Waals surface area contributed by atoms with Crippen molar-refractivity contribution in [3.8, 4) is 5.75 Å². The fraction of sp³-hybridized carbons (Fsp3) is 0.393. The molecule has 192 valence electrons. The number of rotatable bonds is 3. The molecule has 2 unspecified atom stereocenters. The number of phenols is 1. The van der Waals surface area contributed by atoms with Gasteiger partial charge in [-0.25, -0.2) is 0 Å². The Morgan fingerprint density at radius 1 is 1.00 bits per heavy atom. The van der Waals surface area contributed by atoms with Crippen molar-refractivity contribution in [2.45, 2.75) is 30.9 Å². The molecule has 37 heavy (non-hydrogen) atoms. The Hall–Kier alpha value is -3.69. The number of hydrogen-bond acceptors (Lipinski definition) is 8. The number of benzene rings is 2. The van der Waals surface area contributed by atoms with Crippen LogP contribution in [0.5, 0.6) is 5.75 Å². The Morgan fingerprint density at radius 2 is 1.65 bits per heavy atom. The average Bonchev–Trinajstić information content (AvgIpc) is 2.82. The summed E-state index contributed by atoms with van der Waals surface area (Å²) >= 11 is 0. The van der Waals surface area contributed by atoms with Gasteiger partial charge < -0.3 is 15.9 Å². The summed E-state index contributed by atoms with van der Waals surface area (Å²) in [6.07, 6.45) is -0.0158. The van der Waals surface area contributed by atoms with E-state index in [1.54, 1.807) is 26.2 Å². The zero-order chi connectivity index (χ0) is 27.0. The van der Waals surface area contributed by atoms with Crippen LogP contribution in [0, 0.1) is 30.6 Å². The number of amides is 1. The number of carbonyl (C=O) groups is 5. The van der Waals surface area contributed by atoms with E-state index in [1.807, 2.05) is 31.2 Å². The number of nitrogens with two attached hydrogens (primary N) is 1. The molecule has 1 amide bonds. The lowest BCUT2D eigenvalue weighted by molar-refractivity contribution is -0.181. The van der Waals surface area contributed by atoms with E-state index in [2.05, 4.69) is 0 Å². The molecule has 2 saturated carbocycles. The van der Waals surface area contributed by atoms with E-state index in [9.17, 15) is 34.2 Å². The zero-order valence-electron chi connectivity index (χ0n) is 20.7. The summed E-state index contributed by atoms with van der Waals surface area (Å²) in [5.74, 6) is -11.2. The number of carbonyl (C=O) groups excluding carboxylic acids is 5. The summed E-state index contributed by atoms with van der Waals surface area (Å²) < 4.78 is 0. The maximum atomic E-state index is 14.1. The van der Waals surface area contributed by atoms with Gasteiger partial charge >= 0.3 is 0 Å². The van der Waals surface area contributed by atoms with Gasteiger partial charge in [0.25, 0.3) is 0 Å². The molecule has 0 heterocycles. The quantitative estimate of drug-likeness (QED) is 0.518. The van der Waals surface area contributed by atoms with Crippen molar-refractivity contribution in [3.05, 3.63) is 64.7 Å². The smallest absolute Gasteiger partial charge is 0.235 e. The molecular weight excluding hydrogens is 476 g/mol. The number of aliphatic hydroxyl groups is 1. The Bertz CT molecular complexity index is 1370. The molecular formula is C28H28N2O7. The molecule has 7 atom stereocenters. The Labute approximate surface area is 213 Å². The zero-order valence-corrected chi connectivity index (χ0v) is 20.7. The summed E-state index contributed by atoms with van der Waals surface area (Å²) in [7, 11) is 3.12. The minimum absolute atomic E-state index is 0.0158. The molecule has 4 N–H and O–H groups in total. The highest BCUT2D eigenvalue weighted by molar-refractivity contribution is 6.32. The topological polar surface area (TPSA) is 155 Å². The number of aryl methyl sites for hydroxylation is 1. The number of phenolic OH excluding ortho intramolecular Hbond substituents is 1. The predicted molar refractivity (Wildman–Crippen MR) is 131 cm³/mol. The van der Waals surface area contributed by atoms with Crippen LogP contribution in [0.25, 0.3) is 0 Å². The number of fused-ring (bicyclic) bond motifs is 3. The van der Waals surface area contributed by atoms with Gasteiger partial charge in [-0.05, 0) is 50.6 Å². The van der Waals surface area contributed by atoms with Crippen molar-refractivity contribution < 1.29 is 34.2 Å². The van der Waals surface area contributed by atoms with Gasteiger partial charge in [-0.1, -0.05) is 42.0 Å². The third-order valence-electron chi connectivity index (χ3n) is 8.39. The van der Waals surface area contributed by atoms with Gasteiger partial charge in [0, 0.05) is 11.8 Å². The molecule has 2 aromatic carbocycles. The standard InChI is InChI=1S/C28H28N2O7/c1-12-7-9-13(10-8-12)18-14-5-4-6-17(31)19(14)23(32)20-15(18)11-16-22(30(2)3)24(33)21(27(29)36)26(35)28(16,37)25(20)34/h4-10,15-16,18,20-22,31,37H,11H2,1-3H3,(H2,29,36)/t15-,16+,18+,20?,21?,22+,28+/m1/s1. The van der Waals surface area contributed by atoms with Gasteiger partial charge in [0.2, 0.25) is 5.91 Å². The van der Waals surface area contributed by atoms with Crippen molar-refractivity contribution in [3.63, 3.8) is 0 Å². The van der Waals surface area contributed by atoms with Gasteiger partial charge in [-0.2, -0.15) is 0 Å². The first-order valence-corrected chi connectivity index (χ1v) is 12.1. The van der Waals surface area contributed by atoms with Crippen molar-refractivity contribution in [1.29, 1.82) is 0 Å². The highest BCUT2D eigenvalue weighted by Gasteiger charge is 2.70. The molecule has 5 rings (SSSR count). The lowest BCUT2D eigenvalue weighted by Gasteiger charge is -2.54. The Balaban J connectivity index is 1.75. The molecule has 0 spiro atoms. The first-order valence-electron chi connectivity index (χ1n) is 12.1. The van der Waals surface area contributed by atoms with Crippen LogP contribution in [-0.2, 0) is 19.2 Å². The summed E-state index contributed by atoms with van der Waals surface area (Å²) in [5, 5.41) is 22.4. The molecule has 3 aliphatic rings. The second kappa shape index (κ2) is 8.43. The van der Waals surface area contributed by atoms with Crippen LogP contribution in [-0.4, -0.2) is 69.9 Å². The highest BCUT2D eigenvalue weighted by Crippen LogP contribution is 2.55. The number of hydrogen-bond donors (Lipinski definition) is 3. The summed E-state index contributed by atoms with van der Waals surface area (Å²) in [4.78, 5) is 68.1. The molecule has 9 heteroatoms. The number of likely N-dealkylation sites (N-methyl/N-ethyl adjacent to an activating group) is 1. The summed E-state index contributed by atoms with van der Waals surface area (Å²) in [5.41, 5.74) is 4.93. The van der Waals surface area contributed by atoms with Crippen molar-refractivity contribution in [2.24, 2.45) is 29.4 Å². The first-order chi connectivity index (χ1) is 17.4. The van der Waals surface area contributed by atoms with E-state index < -0.39 is 70.3 Å². The number of ketones is 4. The number of Topliss-reactive ketones (excluding diaryl/α,β-unsaturated/α-hetero) is 4. The lowest BCUT2D eigenvalue weighted by atomic mass is 9.50. The van der Waals surface area contributed by atoms with E-state index in [0.29, 0.717) is 5.56 Å². The monoisotopic (exact) mass is 504 g/mol. The van der Waals surface area contributed by atoms with E-state index in [4.69, 9.17) is 5.73 Å². The van der Waals surface area contributed by atoms with Crippen molar-refractivity contribution >= 4 is 29.0 Å². The Kier molecular flexibility index (Phi) is 5.69. The maximum absolute atomic E-state index is 14.1. The number of primary amides is 1. The van der Waals surface area contributed by atoms with Crippen LogP contribution in [0.15, 0.2) is 42.5 Å². The van der Waals surface area contributed by atoms with Crippen LogP contribution in [0.4, 0.5) is 0 Å². The van der Waals surface area contributed by atoms with Crippen LogP contribution in [0.2, 0.25) is 0 Å². The fourth-order valence-electron chi connectivity index (χ4n) is 6.79. The molecule has 0 aliphatic heterocycles. The SMILES string of the molecule is Cc1ccc([C@H]2c3cccc(O)c3C(=O)C3C(=O)[C@]4(O)C(=O)C(C(N)=O)C(=O)[C@@H](N(C)C)[C@@H]4C[C@@H]32)cc1. The maximum Gasteiger partial charge on any atom is 0.235 e. The van der Waals surface area contributed by atoms with E-state index in [0.717, 1.165) is 11.1 Å². The van der Waals surface area contributed by atoms with Gasteiger partial charge in [0.05, 0.1) is 17.5 Å². The minimum atomic E-state index is -2.75. The summed E-state index contributed by atoms with van der Waals surface area (Å²) in [6.45, 7) is 1.93. The molecule has 0 aromatic heterocycles. The molecule has 3 aliphatic carbocycles. The van der Waals surface area contributed by atoms with Crippen LogP contribution < -0.4 is 5.73 Å². The number of nitrogens with zero attached hydrogens (tertiary/aromatic N) is 1. The van der Waals surface area contributed by atoms with E-state index in [-0.39, 0.29) is 17.7 Å². The van der Waals surface area contributed by atoms with Gasteiger partial charge in [-0.15, -0.1) is 0 Å². The third-order valence-corrected chi connectivity index (χ3v) is 8.39. The van der Waals surface area contributed by atoms with E-state index >= 15 is 0 Å². The average molecular weight is 505 g/mol. The van der Waals surface area contributed by atoms with Gasteiger partial charge in [0.15, 0.2) is 34.7 Å². The van der Waals surface area contributed by atoms with Crippen molar-refractivity contribution in [2.75, 3.05) is 14.1 Å². The largest absolute Gasteiger partial charge is 0.507 e. The molecule has 0 bridgehead atoms. The molecule has 0 radical (unpaired) electrons. The van der Waals surface area contributed by atoms with Crippen molar-refractivity contribution in [1.82, 2.24) is 4.90 Å². The fourth-order valence-corrected chi connectivity index (χ4v) is 6.79. The molecule has 2 fully saturated rings. The van der Waals surface area contributed by atoms with Crippen LogP contribution in [0.3, 0.4) is 0 Å². The predicted octanol–water partition coefficient (Wildman–Crippen LogP) is 0.765. The second-order valence-electron chi connectivity index (χ2n) is 10.6. The molecule has 9 nitrogen and oxygen atoms in total. The Morgan fingerprint density at radius 3 is 2.24 bits per heavy atom. The highest BCUT2D eigenvalue weighted by atomic mass is 16.3. The second-order valence-corrected chi connectivity index (χ2v) is 10.6.